The van der Waals surface area contributed by atoms with E-state index in [4.69, 9.17) is 9.57 Å². The highest BCUT2D eigenvalue weighted by molar-refractivity contribution is 6.20. The van der Waals surface area contributed by atoms with Crippen molar-refractivity contribution < 1.29 is 24.0 Å². The van der Waals surface area contributed by atoms with Gasteiger partial charge < -0.3 is 9.57 Å². The number of benzene rings is 2. The number of nitrogens with zero attached hydrogens (tertiary/aromatic N) is 2. The first-order chi connectivity index (χ1) is 12.6. The first kappa shape index (κ1) is 15.8. The van der Waals surface area contributed by atoms with Crippen molar-refractivity contribution in [2.24, 2.45) is 0 Å². The van der Waals surface area contributed by atoms with E-state index in [1.165, 1.54) is 12.1 Å². The van der Waals surface area contributed by atoms with Crippen LogP contribution in [0.4, 0.5) is 0 Å². The summed E-state index contributed by atoms with van der Waals surface area (Å²) >= 11 is 0. The average molecular weight is 348 g/mol. The van der Waals surface area contributed by atoms with Crippen LogP contribution in [0, 0.1) is 0 Å². The molecule has 2 amide bonds. The molecule has 0 atom stereocenters. The lowest BCUT2D eigenvalue weighted by molar-refractivity contribution is -0.170. The van der Waals surface area contributed by atoms with Crippen molar-refractivity contribution in [3.63, 3.8) is 0 Å². The normalized spacial score (nSPS) is 13.0. The Morgan fingerprint density at radius 1 is 0.923 bits per heavy atom. The van der Waals surface area contributed by atoms with Crippen LogP contribution in [0.15, 0.2) is 60.8 Å². The fraction of sp³-hybridized carbons (Fsp3) is 0.0526. The molecule has 4 rings (SSSR count). The Labute approximate surface area is 147 Å². The fourth-order valence-corrected chi connectivity index (χ4v) is 2.71. The number of ether oxygens (including phenoxy) is 1. The number of hydrogen-bond acceptors (Lipinski definition) is 6. The fourth-order valence-electron chi connectivity index (χ4n) is 2.71. The maximum atomic E-state index is 12.2. The average Bonchev–Trinajstić information content (AvgIpc) is 2.91. The number of imide groups is 1. The van der Waals surface area contributed by atoms with E-state index >= 15 is 0 Å². The molecule has 2 aromatic carbocycles. The summed E-state index contributed by atoms with van der Waals surface area (Å²) in [6, 6.07) is 15.2. The van der Waals surface area contributed by atoms with Crippen LogP contribution in [0.3, 0.4) is 0 Å². The Hall–Kier alpha value is -3.74. The molecule has 26 heavy (non-hydrogen) atoms. The van der Waals surface area contributed by atoms with Gasteiger partial charge in [-0.2, -0.15) is 0 Å². The van der Waals surface area contributed by atoms with Crippen LogP contribution in [0.2, 0.25) is 0 Å². The van der Waals surface area contributed by atoms with Gasteiger partial charge in [0.1, 0.15) is 11.3 Å². The number of pyridine rings is 1. The lowest BCUT2D eigenvalue weighted by Crippen LogP contribution is -2.34. The molecule has 128 valence electrons. The Morgan fingerprint density at radius 2 is 1.62 bits per heavy atom. The number of fused-ring (bicyclic) bond motifs is 2. The van der Waals surface area contributed by atoms with Crippen LogP contribution >= 0.6 is 0 Å². The van der Waals surface area contributed by atoms with Crippen LogP contribution in [0.5, 0.6) is 5.75 Å². The topological polar surface area (TPSA) is 85.8 Å². The number of aromatic nitrogens is 1. The van der Waals surface area contributed by atoms with E-state index in [2.05, 4.69) is 4.98 Å². The van der Waals surface area contributed by atoms with Crippen molar-refractivity contribution in [1.82, 2.24) is 10.0 Å². The predicted octanol–water partition coefficient (Wildman–Crippen LogP) is 2.37. The molecule has 7 nitrogen and oxygen atoms in total. The summed E-state index contributed by atoms with van der Waals surface area (Å²) in [6.45, 7) is -0.469. The highest BCUT2D eigenvalue weighted by Crippen LogP contribution is 2.24. The van der Waals surface area contributed by atoms with Gasteiger partial charge in [-0.1, -0.05) is 35.4 Å². The third-order valence-corrected chi connectivity index (χ3v) is 3.89. The minimum Gasteiger partial charge on any atom is -0.480 e. The molecule has 0 fully saturated rings. The zero-order valence-electron chi connectivity index (χ0n) is 13.4. The summed E-state index contributed by atoms with van der Waals surface area (Å²) in [5.74, 6) is -1.81. The van der Waals surface area contributed by atoms with Gasteiger partial charge in [0.2, 0.25) is 0 Å². The largest absolute Gasteiger partial charge is 0.480 e. The number of rotatable bonds is 4. The SMILES string of the molecule is O=C(COc1cccc2cccnc12)ON1C(=O)c2ccccc2C1=O. The van der Waals surface area contributed by atoms with Crippen LogP contribution in [0.25, 0.3) is 10.9 Å². The van der Waals surface area contributed by atoms with Gasteiger partial charge in [0.05, 0.1) is 11.1 Å². The Kier molecular flexibility index (Phi) is 3.81. The smallest absolute Gasteiger partial charge is 0.370 e. The van der Waals surface area contributed by atoms with Crippen molar-refractivity contribution in [2.45, 2.75) is 0 Å². The molecular formula is C19H12N2O5. The van der Waals surface area contributed by atoms with Crippen LogP contribution in [-0.4, -0.2) is 34.4 Å². The van der Waals surface area contributed by atoms with Gasteiger partial charge in [0.25, 0.3) is 11.8 Å². The van der Waals surface area contributed by atoms with E-state index in [0.717, 1.165) is 5.39 Å². The van der Waals surface area contributed by atoms with E-state index in [9.17, 15) is 14.4 Å². The quantitative estimate of drug-likeness (QED) is 0.673. The predicted molar refractivity (Wildman–Crippen MR) is 90.3 cm³/mol. The first-order valence-electron chi connectivity index (χ1n) is 7.80. The maximum Gasteiger partial charge on any atom is 0.370 e. The number of carbonyl (C=O) groups is 3. The second kappa shape index (κ2) is 6.29. The zero-order valence-corrected chi connectivity index (χ0v) is 13.4. The van der Waals surface area contributed by atoms with Gasteiger partial charge in [-0.15, -0.1) is 0 Å². The number of carbonyl (C=O) groups excluding carboxylic acids is 3. The standard InChI is InChI=1S/C19H12N2O5/c22-16(11-25-15-9-3-5-12-6-4-10-20-17(12)15)26-21-18(23)13-7-1-2-8-14(13)19(21)24/h1-10H,11H2. The summed E-state index contributed by atoms with van der Waals surface area (Å²) in [5.41, 5.74) is 0.998. The number of amides is 2. The highest BCUT2D eigenvalue weighted by atomic mass is 16.7. The third-order valence-electron chi connectivity index (χ3n) is 3.89. The van der Waals surface area contributed by atoms with Crippen LogP contribution < -0.4 is 4.74 Å². The van der Waals surface area contributed by atoms with Crippen LogP contribution in [-0.2, 0) is 9.63 Å². The molecule has 0 unspecified atom stereocenters. The molecule has 7 heteroatoms. The van der Waals surface area contributed by atoms with Gasteiger partial charge in [-0.05, 0) is 24.3 Å². The number of hydroxylamine groups is 2. The van der Waals surface area contributed by atoms with Crippen molar-refractivity contribution in [2.75, 3.05) is 6.61 Å². The van der Waals surface area contributed by atoms with Gasteiger partial charge in [0.15, 0.2) is 6.61 Å². The molecule has 0 saturated heterocycles. The minimum absolute atomic E-state index is 0.199. The van der Waals surface area contributed by atoms with Gasteiger partial charge in [0, 0.05) is 11.6 Å². The molecule has 0 spiro atoms. The third kappa shape index (κ3) is 2.65. The van der Waals surface area contributed by atoms with E-state index < -0.39 is 24.4 Å². The highest BCUT2D eigenvalue weighted by Gasteiger charge is 2.38. The first-order valence-corrected chi connectivity index (χ1v) is 7.80. The van der Waals surface area contributed by atoms with Crippen molar-refractivity contribution in [3.8, 4) is 5.75 Å². The molecule has 0 aliphatic carbocycles. The Morgan fingerprint density at radius 3 is 2.35 bits per heavy atom. The second-order valence-electron chi connectivity index (χ2n) is 5.53. The lowest BCUT2D eigenvalue weighted by Gasteiger charge is -2.13. The molecule has 1 aromatic heterocycles. The van der Waals surface area contributed by atoms with Gasteiger partial charge in [-0.25, -0.2) is 4.79 Å². The molecule has 0 bridgehead atoms. The lowest BCUT2D eigenvalue weighted by atomic mass is 10.1. The molecule has 1 aliphatic heterocycles. The summed E-state index contributed by atoms with van der Waals surface area (Å²) in [4.78, 5) is 45.5. The Balaban J connectivity index is 1.45. The molecule has 0 radical (unpaired) electrons. The van der Waals surface area contributed by atoms with E-state index in [0.29, 0.717) is 16.3 Å². The number of hydrogen-bond donors (Lipinski definition) is 0. The molecule has 3 aromatic rings. The van der Waals surface area contributed by atoms with E-state index in [-0.39, 0.29) is 11.1 Å². The summed E-state index contributed by atoms with van der Waals surface area (Å²) in [7, 11) is 0. The molecule has 1 aliphatic rings. The Bertz CT molecular complexity index is 1010. The zero-order chi connectivity index (χ0) is 18.1. The van der Waals surface area contributed by atoms with Crippen molar-refractivity contribution >= 4 is 28.7 Å². The van der Waals surface area contributed by atoms with Gasteiger partial charge >= 0.3 is 5.97 Å². The monoisotopic (exact) mass is 348 g/mol. The maximum absolute atomic E-state index is 12.2. The molecule has 0 saturated carbocycles. The van der Waals surface area contributed by atoms with Crippen LogP contribution in [0.1, 0.15) is 20.7 Å². The minimum atomic E-state index is -0.868. The van der Waals surface area contributed by atoms with Crippen molar-refractivity contribution in [3.05, 3.63) is 71.9 Å². The van der Waals surface area contributed by atoms with E-state index in [1.54, 1.807) is 36.5 Å². The second-order valence-corrected chi connectivity index (χ2v) is 5.53. The molecule has 2 heterocycles. The van der Waals surface area contributed by atoms with Gasteiger partial charge in [-0.3, -0.25) is 14.6 Å². The summed E-state index contributed by atoms with van der Waals surface area (Å²) < 4.78 is 5.45. The van der Waals surface area contributed by atoms with Crippen molar-refractivity contribution in [1.29, 1.82) is 0 Å². The number of para-hydroxylation sites is 1. The van der Waals surface area contributed by atoms with E-state index in [1.807, 2.05) is 12.1 Å². The molecule has 0 N–H and O–H groups in total. The summed E-state index contributed by atoms with van der Waals surface area (Å²) in [6.07, 6.45) is 1.62. The molecular weight excluding hydrogens is 336 g/mol. The summed E-state index contributed by atoms with van der Waals surface area (Å²) in [5, 5.41) is 1.32.